The first-order valence-electron chi connectivity index (χ1n) is 10.4. The van der Waals surface area contributed by atoms with E-state index in [4.69, 9.17) is 16.3 Å². The van der Waals surface area contributed by atoms with E-state index in [1.807, 2.05) is 49.4 Å². The van der Waals surface area contributed by atoms with E-state index < -0.39 is 6.04 Å². The third-order valence-electron chi connectivity index (χ3n) is 4.91. The summed E-state index contributed by atoms with van der Waals surface area (Å²) in [6.45, 7) is 8.50. The van der Waals surface area contributed by atoms with Gasteiger partial charge in [-0.25, -0.2) is 0 Å². The molecule has 0 bridgehead atoms. The van der Waals surface area contributed by atoms with Gasteiger partial charge >= 0.3 is 0 Å². The number of carbonyl (C=O) groups is 2. The normalized spacial score (nSPS) is 11.8. The molecule has 0 heterocycles. The molecule has 0 radical (unpaired) electrons. The zero-order valence-electron chi connectivity index (χ0n) is 18.2. The van der Waals surface area contributed by atoms with E-state index in [1.54, 1.807) is 13.0 Å². The minimum Gasteiger partial charge on any atom is -0.483 e. The Morgan fingerprint density at radius 2 is 1.73 bits per heavy atom. The molecule has 0 saturated carbocycles. The van der Waals surface area contributed by atoms with Crippen LogP contribution in [0.3, 0.4) is 0 Å². The third kappa shape index (κ3) is 6.49. The maximum Gasteiger partial charge on any atom is 0.261 e. The van der Waals surface area contributed by atoms with Crippen LogP contribution in [0.5, 0.6) is 5.75 Å². The first-order chi connectivity index (χ1) is 14.3. The maximum atomic E-state index is 13.1. The van der Waals surface area contributed by atoms with Crippen molar-refractivity contribution < 1.29 is 14.3 Å². The molecule has 0 unspecified atom stereocenters. The summed E-state index contributed by atoms with van der Waals surface area (Å²) in [4.78, 5) is 27.2. The second kappa shape index (κ2) is 11.6. The molecule has 0 aliphatic rings. The van der Waals surface area contributed by atoms with Crippen LogP contribution in [-0.4, -0.2) is 35.9 Å². The second-order valence-electron chi connectivity index (χ2n) is 7.56. The van der Waals surface area contributed by atoms with Crippen LogP contribution in [0.2, 0.25) is 5.02 Å². The zero-order chi connectivity index (χ0) is 22.1. The van der Waals surface area contributed by atoms with Crippen molar-refractivity contribution in [3.63, 3.8) is 0 Å². The fourth-order valence-corrected chi connectivity index (χ4v) is 3.30. The van der Waals surface area contributed by atoms with Gasteiger partial charge in [0.2, 0.25) is 5.91 Å². The number of para-hydroxylation sites is 1. The molecule has 0 aliphatic heterocycles. The highest BCUT2D eigenvalue weighted by Gasteiger charge is 2.27. The zero-order valence-corrected chi connectivity index (χ0v) is 18.9. The van der Waals surface area contributed by atoms with Crippen LogP contribution >= 0.6 is 11.6 Å². The van der Waals surface area contributed by atoms with E-state index >= 15 is 0 Å². The number of carbonyl (C=O) groups excluding carboxylic acids is 2. The molecule has 0 aromatic heterocycles. The van der Waals surface area contributed by atoms with Crippen molar-refractivity contribution in [2.24, 2.45) is 0 Å². The summed E-state index contributed by atoms with van der Waals surface area (Å²) < 4.78 is 5.86. The van der Waals surface area contributed by atoms with Gasteiger partial charge in [0.05, 0.1) is 0 Å². The average Bonchev–Trinajstić information content (AvgIpc) is 2.74. The van der Waals surface area contributed by atoms with Gasteiger partial charge in [0.15, 0.2) is 6.61 Å². The molecule has 2 amide bonds. The van der Waals surface area contributed by atoms with Gasteiger partial charge in [0.25, 0.3) is 5.91 Å². The van der Waals surface area contributed by atoms with Crippen LogP contribution in [-0.2, 0) is 16.1 Å². The largest absolute Gasteiger partial charge is 0.483 e. The third-order valence-corrected chi connectivity index (χ3v) is 5.28. The minimum absolute atomic E-state index is 0.153. The molecule has 0 saturated heterocycles. The Bertz CT molecular complexity index is 854. The van der Waals surface area contributed by atoms with Crippen LogP contribution in [0.25, 0.3) is 0 Å². The first-order valence-corrected chi connectivity index (χ1v) is 10.7. The van der Waals surface area contributed by atoms with Gasteiger partial charge in [-0.15, -0.1) is 0 Å². The van der Waals surface area contributed by atoms with Crippen LogP contribution < -0.4 is 10.1 Å². The lowest BCUT2D eigenvalue weighted by atomic mass is 10.0. The van der Waals surface area contributed by atoms with Gasteiger partial charge in [0.1, 0.15) is 11.8 Å². The number of rotatable bonds is 10. The van der Waals surface area contributed by atoms with E-state index in [0.717, 1.165) is 17.5 Å². The molecule has 1 N–H and O–H groups in total. The van der Waals surface area contributed by atoms with Crippen LogP contribution in [0.4, 0.5) is 0 Å². The summed E-state index contributed by atoms with van der Waals surface area (Å²) in [5, 5.41) is 3.42. The smallest absolute Gasteiger partial charge is 0.261 e. The quantitative estimate of drug-likeness (QED) is 0.589. The van der Waals surface area contributed by atoms with Crippen molar-refractivity contribution in [2.45, 2.75) is 52.6 Å². The lowest BCUT2D eigenvalue weighted by Gasteiger charge is -2.29. The van der Waals surface area contributed by atoms with Gasteiger partial charge in [-0.1, -0.05) is 68.8 Å². The first kappa shape index (κ1) is 23.7. The van der Waals surface area contributed by atoms with E-state index in [9.17, 15) is 9.59 Å². The van der Waals surface area contributed by atoms with Crippen LogP contribution in [0, 0.1) is 0 Å². The Hall–Kier alpha value is -2.53. The molecule has 162 valence electrons. The molecular weight excluding hydrogens is 400 g/mol. The molecular formula is C24H31ClN2O3. The highest BCUT2D eigenvalue weighted by molar-refractivity contribution is 6.31. The number of nitrogens with zero attached hydrogens (tertiary/aromatic N) is 1. The number of amides is 2. The van der Waals surface area contributed by atoms with Crippen molar-refractivity contribution in [3.8, 4) is 5.75 Å². The molecule has 0 spiro atoms. The maximum absolute atomic E-state index is 13.1. The molecule has 0 fully saturated rings. The fraction of sp³-hybridized carbons (Fsp3) is 0.417. The van der Waals surface area contributed by atoms with Gasteiger partial charge in [-0.05, 0) is 42.5 Å². The van der Waals surface area contributed by atoms with Crippen LogP contribution in [0.15, 0.2) is 48.5 Å². The van der Waals surface area contributed by atoms with E-state index in [-0.39, 0.29) is 30.9 Å². The molecule has 0 aliphatic carbocycles. The molecule has 5 nitrogen and oxygen atoms in total. The van der Waals surface area contributed by atoms with Gasteiger partial charge in [0, 0.05) is 18.1 Å². The van der Waals surface area contributed by atoms with E-state index in [2.05, 4.69) is 19.2 Å². The molecule has 2 rings (SSSR count). The number of hydrogen-bond donors (Lipinski definition) is 1. The lowest BCUT2D eigenvalue weighted by molar-refractivity contribution is -0.142. The van der Waals surface area contributed by atoms with Crippen LogP contribution in [0.1, 0.15) is 51.2 Å². The number of ether oxygens (including phenoxy) is 1. The highest BCUT2D eigenvalue weighted by Crippen LogP contribution is 2.26. The monoisotopic (exact) mass is 430 g/mol. The predicted octanol–water partition coefficient (Wildman–Crippen LogP) is 4.79. The average molecular weight is 431 g/mol. The minimum atomic E-state index is -0.649. The standard InChI is InChI=1S/C24H31ClN2O3/c1-5-14-26-24(29)18(4)27(15-19-10-6-8-12-21(19)25)23(28)16-30-22-13-9-7-11-20(22)17(2)3/h6-13,17-18H,5,14-16H2,1-4H3,(H,26,29)/t18-/m0/s1. The number of nitrogens with one attached hydrogen (secondary N) is 1. The summed E-state index contributed by atoms with van der Waals surface area (Å²) >= 11 is 6.30. The number of benzene rings is 2. The summed E-state index contributed by atoms with van der Waals surface area (Å²) in [6, 6.07) is 14.4. The van der Waals surface area contributed by atoms with Crippen molar-refractivity contribution in [1.29, 1.82) is 0 Å². The van der Waals surface area contributed by atoms with Gasteiger partial charge in [-0.2, -0.15) is 0 Å². The molecule has 1 atom stereocenters. The van der Waals surface area contributed by atoms with E-state index in [0.29, 0.717) is 17.3 Å². The van der Waals surface area contributed by atoms with Crippen molar-refractivity contribution in [1.82, 2.24) is 10.2 Å². The second-order valence-corrected chi connectivity index (χ2v) is 7.97. The van der Waals surface area contributed by atoms with Crippen molar-refractivity contribution in [2.75, 3.05) is 13.2 Å². The molecule has 2 aromatic carbocycles. The van der Waals surface area contributed by atoms with E-state index in [1.165, 1.54) is 4.90 Å². The van der Waals surface area contributed by atoms with Crippen molar-refractivity contribution in [3.05, 3.63) is 64.7 Å². The SMILES string of the molecule is CCCNC(=O)[C@H](C)N(Cc1ccccc1Cl)C(=O)COc1ccccc1C(C)C. The fourth-order valence-electron chi connectivity index (χ4n) is 3.10. The highest BCUT2D eigenvalue weighted by atomic mass is 35.5. The Morgan fingerprint density at radius 3 is 2.40 bits per heavy atom. The Kier molecular flexibility index (Phi) is 9.18. The Labute approximate surface area is 184 Å². The van der Waals surface area contributed by atoms with Gasteiger partial charge in [-0.3, -0.25) is 9.59 Å². The number of halogens is 1. The topological polar surface area (TPSA) is 58.6 Å². The van der Waals surface area contributed by atoms with Crippen molar-refractivity contribution >= 4 is 23.4 Å². The molecule has 2 aromatic rings. The summed E-state index contributed by atoms with van der Waals surface area (Å²) in [5.41, 5.74) is 1.82. The Balaban J connectivity index is 2.19. The molecule has 6 heteroatoms. The molecule has 30 heavy (non-hydrogen) atoms. The number of hydrogen-bond acceptors (Lipinski definition) is 3. The predicted molar refractivity (Wildman–Crippen MR) is 121 cm³/mol. The summed E-state index contributed by atoms with van der Waals surface area (Å²) in [7, 11) is 0. The Morgan fingerprint density at radius 1 is 1.07 bits per heavy atom. The lowest BCUT2D eigenvalue weighted by Crippen LogP contribution is -2.49. The summed E-state index contributed by atoms with van der Waals surface area (Å²) in [6.07, 6.45) is 0.825. The van der Waals surface area contributed by atoms with Gasteiger partial charge < -0.3 is 15.0 Å². The summed E-state index contributed by atoms with van der Waals surface area (Å²) in [5.74, 6) is 0.489.